The first-order valence-corrected chi connectivity index (χ1v) is 8.13. The van der Waals surface area contributed by atoms with Gasteiger partial charge in [0.1, 0.15) is 0 Å². The molecule has 5 heteroatoms. The number of hydrogen-bond acceptors (Lipinski definition) is 3. The molecule has 2 heterocycles. The lowest BCUT2D eigenvalue weighted by Gasteiger charge is -2.37. The molecule has 0 aromatic carbocycles. The van der Waals surface area contributed by atoms with Crippen molar-refractivity contribution in [3.63, 3.8) is 0 Å². The number of fused-ring (bicyclic) bond motifs is 1. The molecule has 2 aliphatic rings. The minimum absolute atomic E-state index is 0.141. The summed E-state index contributed by atoms with van der Waals surface area (Å²) >= 11 is 0. The van der Waals surface area contributed by atoms with E-state index in [-0.39, 0.29) is 11.3 Å². The normalized spacial score (nSPS) is 28.4. The molecule has 0 unspecified atom stereocenters. The number of aromatic nitrogens is 2. The number of carbonyl (C=O) groups excluding carboxylic acids is 1. The Kier molecular flexibility index (Phi) is 4.02. The molecule has 21 heavy (non-hydrogen) atoms. The van der Waals surface area contributed by atoms with E-state index >= 15 is 0 Å². The van der Waals surface area contributed by atoms with Gasteiger partial charge in [-0.2, -0.15) is 5.10 Å². The van der Waals surface area contributed by atoms with Crippen LogP contribution in [0.25, 0.3) is 0 Å². The van der Waals surface area contributed by atoms with Crippen LogP contribution in [0.1, 0.15) is 43.5 Å². The Labute approximate surface area is 126 Å². The number of amides is 1. The molecule has 0 bridgehead atoms. The third kappa shape index (κ3) is 2.71. The monoisotopic (exact) mass is 290 g/mol. The van der Waals surface area contributed by atoms with Crippen molar-refractivity contribution in [2.24, 2.45) is 12.5 Å². The van der Waals surface area contributed by atoms with Gasteiger partial charge in [0.2, 0.25) is 5.91 Å². The highest BCUT2D eigenvalue weighted by Crippen LogP contribution is 2.42. The Morgan fingerprint density at radius 2 is 2.38 bits per heavy atom. The van der Waals surface area contributed by atoms with E-state index in [0.29, 0.717) is 12.6 Å². The maximum atomic E-state index is 12.7. The first kappa shape index (κ1) is 14.6. The highest BCUT2D eigenvalue weighted by atomic mass is 16.2. The zero-order chi connectivity index (χ0) is 14.9. The fourth-order valence-corrected chi connectivity index (χ4v) is 3.93. The van der Waals surface area contributed by atoms with Gasteiger partial charge in [-0.05, 0) is 38.8 Å². The van der Waals surface area contributed by atoms with E-state index in [9.17, 15) is 4.79 Å². The second-order valence-corrected chi connectivity index (χ2v) is 6.57. The van der Waals surface area contributed by atoms with Gasteiger partial charge in [0, 0.05) is 31.7 Å². The number of nitrogens with one attached hydrogen (secondary N) is 2. The molecule has 2 atom stereocenters. The van der Waals surface area contributed by atoms with Crippen LogP contribution in [0.15, 0.2) is 6.07 Å². The van der Waals surface area contributed by atoms with Crippen LogP contribution in [0.4, 0.5) is 0 Å². The van der Waals surface area contributed by atoms with E-state index in [4.69, 9.17) is 0 Å². The molecule has 5 nitrogen and oxygen atoms in total. The van der Waals surface area contributed by atoms with E-state index in [2.05, 4.69) is 21.8 Å². The minimum atomic E-state index is -0.141. The summed E-state index contributed by atoms with van der Waals surface area (Å²) in [5.41, 5.74) is 2.07. The first-order valence-electron chi connectivity index (χ1n) is 8.13. The third-order valence-electron chi connectivity index (χ3n) is 5.28. The van der Waals surface area contributed by atoms with Crippen LogP contribution in [0, 0.1) is 12.3 Å². The maximum absolute atomic E-state index is 12.7. The predicted octanol–water partition coefficient (Wildman–Crippen LogP) is 1.31. The summed E-state index contributed by atoms with van der Waals surface area (Å²) in [5.74, 6) is 0.254. The molecule has 0 spiro atoms. The zero-order valence-corrected chi connectivity index (χ0v) is 13.1. The SMILES string of the molecule is Cc1cc(CCNC(=O)[C@@]23CCCC[C@@H]2NCC3)nn1C. The molecule has 1 amide bonds. The number of nitrogens with zero attached hydrogens (tertiary/aromatic N) is 2. The third-order valence-corrected chi connectivity index (χ3v) is 5.28. The van der Waals surface area contributed by atoms with Crippen LogP contribution < -0.4 is 10.6 Å². The lowest BCUT2D eigenvalue weighted by molar-refractivity contribution is -0.133. The van der Waals surface area contributed by atoms with Crippen molar-refractivity contribution in [2.75, 3.05) is 13.1 Å². The van der Waals surface area contributed by atoms with Crippen molar-refractivity contribution >= 4 is 5.91 Å². The molecular formula is C16H26N4O. The summed E-state index contributed by atoms with van der Waals surface area (Å²) in [5, 5.41) is 11.1. The summed E-state index contributed by atoms with van der Waals surface area (Å²) in [6, 6.07) is 2.48. The molecule has 2 fully saturated rings. The Bertz CT molecular complexity index is 505. The molecule has 1 saturated carbocycles. The molecule has 1 aliphatic carbocycles. The summed E-state index contributed by atoms with van der Waals surface area (Å²) in [6.45, 7) is 3.71. The molecule has 1 saturated heterocycles. The average molecular weight is 290 g/mol. The molecule has 1 aliphatic heterocycles. The van der Waals surface area contributed by atoms with Crippen molar-refractivity contribution < 1.29 is 4.79 Å². The van der Waals surface area contributed by atoms with E-state index in [0.717, 1.165) is 43.6 Å². The fourth-order valence-electron chi connectivity index (χ4n) is 3.93. The van der Waals surface area contributed by atoms with Crippen LogP contribution in [0.5, 0.6) is 0 Å². The molecule has 1 aromatic heterocycles. The summed E-state index contributed by atoms with van der Waals surface area (Å²) < 4.78 is 1.88. The van der Waals surface area contributed by atoms with E-state index < -0.39 is 0 Å². The highest BCUT2D eigenvalue weighted by molar-refractivity contribution is 5.84. The predicted molar refractivity (Wildman–Crippen MR) is 82.0 cm³/mol. The second-order valence-electron chi connectivity index (χ2n) is 6.57. The summed E-state index contributed by atoms with van der Waals surface area (Å²) in [7, 11) is 1.95. The lowest BCUT2D eigenvalue weighted by atomic mass is 9.70. The van der Waals surface area contributed by atoms with Gasteiger partial charge in [-0.15, -0.1) is 0 Å². The van der Waals surface area contributed by atoms with Gasteiger partial charge >= 0.3 is 0 Å². The molecule has 1 aromatic rings. The standard InChI is InChI=1S/C16H26N4O/c1-12-11-13(19-20(12)2)6-9-18-15(21)16-7-4-3-5-14(16)17-10-8-16/h11,14,17H,3-10H2,1-2H3,(H,18,21)/t14-,16+/m0/s1. The second kappa shape index (κ2) is 5.79. The summed E-state index contributed by atoms with van der Waals surface area (Å²) in [4.78, 5) is 12.7. The van der Waals surface area contributed by atoms with Crippen molar-refractivity contribution in [3.05, 3.63) is 17.5 Å². The zero-order valence-electron chi connectivity index (χ0n) is 13.1. The number of hydrogen-bond donors (Lipinski definition) is 2. The van der Waals surface area contributed by atoms with Crippen LogP contribution >= 0.6 is 0 Å². The van der Waals surface area contributed by atoms with Crippen molar-refractivity contribution in [1.82, 2.24) is 20.4 Å². The van der Waals surface area contributed by atoms with Gasteiger partial charge < -0.3 is 10.6 Å². The van der Waals surface area contributed by atoms with Crippen LogP contribution in [0.3, 0.4) is 0 Å². The van der Waals surface area contributed by atoms with E-state index in [1.165, 1.54) is 12.8 Å². The smallest absolute Gasteiger partial charge is 0.227 e. The van der Waals surface area contributed by atoms with Gasteiger partial charge in [0.05, 0.1) is 11.1 Å². The molecular weight excluding hydrogens is 264 g/mol. The van der Waals surface area contributed by atoms with Crippen LogP contribution in [0.2, 0.25) is 0 Å². The van der Waals surface area contributed by atoms with Gasteiger partial charge in [-0.1, -0.05) is 12.8 Å². The van der Waals surface area contributed by atoms with Crippen molar-refractivity contribution in [2.45, 2.75) is 51.5 Å². The van der Waals surface area contributed by atoms with Crippen molar-refractivity contribution in [3.8, 4) is 0 Å². The number of carbonyl (C=O) groups is 1. The van der Waals surface area contributed by atoms with Crippen molar-refractivity contribution in [1.29, 1.82) is 0 Å². The molecule has 0 radical (unpaired) electrons. The Balaban J connectivity index is 1.56. The van der Waals surface area contributed by atoms with E-state index in [1.54, 1.807) is 0 Å². The Hall–Kier alpha value is -1.36. The Morgan fingerprint density at radius 1 is 1.52 bits per heavy atom. The largest absolute Gasteiger partial charge is 0.355 e. The number of aryl methyl sites for hydroxylation is 2. The Morgan fingerprint density at radius 3 is 3.14 bits per heavy atom. The van der Waals surface area contributed by atoms with Gasteiger partial charge in [0.15, 0.2) is 0 Å². The highest BCUT2D eigenvalue weighted by Gasteiger charge is 2.49. The maximum Gasteiger partial charge on any atom is 0.227 e. The molecule has 2 N–H and O–H groups in total. The average Bonchev–Trinajstić information content (AvgIpc) is 3.04. The quantitative estimate of drug-likeness (QED) is 0.879. The van der Waals surface area contributed by atoms with Crippen LogP contribution in [-0.2, 0) is 18.3 Å². The fraction of sp³-hybridized carbons (Fsp3) is 0.750. The summed E-state index contributed by atoms with van der Waals surface area (Å²) in [6.07, 6.45) is 6.42. The number of rotatable bonds is 4. The van der Waals surface area contributed by atoms with Crippen LogP contribution in [-0.4, -0.2) is 34.8 Å². The topological polar surface area (TPSA) is 59.0 Å². The van der Waals surface area contributed by atoms with Gasteiger partial charge in [-0.3, -0.25) is 9.48 Å². The molecule has 116 valence electrons. The van der Waals surface area contributed by atoms with Gasteiger partial charge in [-0.25, -0.2) is 0 Å². The van der Waals surface area contributed by atoms with E-state index in [1.807, 2.05) is 18.7 Å². The minimum Gasteiger partial charge on any atom is -0.355 e. The van der Waals surface area contributed by atoms with Gasteiger partial charge in [0.25, 0.3) is 0 Å². The molecule has 3 rings (SSSR count). The lowest BCUT2D eigenvalue weighted by Crippen LogP contribution is -2.50. The first-order chi connectivity index (χ1) is 10.1.